The van der Waals surface area contributed by atoms with Gasteiger partial charge in [-0.3, -0.25) is 0 Å². The van der Waals surface area contributed by atoms with Gasteiger partial charge in [-0.05, 0) is 31.4 Å². The Hall–Kier alpha value is -1.38. The number of nitrogens with zero attached hydrogens (tertiary/aromatic N) is 1. The molecule has 2 aliphatic rings. The molecule has 16 heavy (non-hydrogen) atoms. The van der Waals surface area contributed by atoms with Gasteiger partial charge in [0.2, 0.25) is 0 Å². The molecule has 0 amide bonds. The number of hydrogen-bond acceptors (Lipinski definition) is 3. The number of fused-ring (bicyclic) bond motifs is 1. The standard InChI is InChI=1S/C13H18N2O/c1-15-12-8-10(16-2)4-5-11(12)14-9-13(15)6-3-7-13/h4-5,8,14H,3,6-7,9H2,1-2H3. The van der Waals surface area contributed by atoms with Crippen LogP contribution < -0.4 is 15.0 Å². The largest absolute Gasteiger partial charge is 0.497 e. The summed E-state index contributed by atoms with van der Waals surface area (Å²) < 4.78 is 5.29. The highest BCUT2D eigenvalue weighted by atomic mass is 16.5. The quantitative estimate of drug-likeness (QED) is 0.783. The summed E-state index contributed by atoms with van der Waals surface area (Å²) in [6, 6.07) is 6.25. The Morgan fingerprint density at radius 3 is 2.81 bits per heavy atom. The fourth-order valence-corrected chi connectivity index (χ4v) is 2.80. The Morgan fingerprint density at radius 1 is 1.38 bits per heavy atom. The Bertz CT molecular complexity index is 412. The monoisotopic (exact) mass is 218 g/mol. The van der Waals surface area contributed by atoms with Crippen LogP contribution in [0, 0.1) is 0 Å². The van der Waals surface area contributed by atoms with Crippen molar-refractivity contribution in [1.29, 1.82) is 0 Å². The first-order valence-electron chi connectivity index (χ1n) is 5.91. The van der Waals surface area contributed by atoms with Gasteiger partial charge in [-0.2, -0.15) is 0 Å². The maximum atomic E-state index is 5.29. The molecule has 86 valence electrons. The van der Waals surface area contributed by atoms with Crippen LogP contribution in [0.15, 0.2) is 18.2 Å². The van der Waals surface area contributed by atoms with Crippen LogP contribution in [-0.4, -0.2) is 26.2 Å². The van der Waals surface area contributed by atoms with E-state index < -0.39 is 0 Å². The molecule has 0 atom stereocenters. The number of methoxy groups -OCH3 is 1. The van der Waals surface area contributed by atoms with Gasteiger partial charge in [-0.15, -0.1) is 0 Å². The van der Waals surface area contributed by atoms with Crippen LogP contribution in [0.5, 0.6) is 5.75 Å². The minimum Gasteiger partial charge on any atom is -0.497 e. The van der Waals surface area contributed by atoms with Crippen molar-refractivity contribution in [3.05, 3.63) is 18.2 Å². The van der Waals surface area contributed by atoms with Gasteiger partial charge in [0.05, 0.1) is 24.0 Å². The van der Waals surface area contributed by atoms with Crippen LogP contribution in [0.3, 0.4) is 0 Å². The third-order valence-corrected chi connectivity index (χ3v) is 4.17. The highest BCUT2D eigenvalue weighted by Crippen LogP contribution is 2.45. The zero-order chi connectivity index (χ0) is 11.2. The Kier molecular flexibility index (Phi) is 2.03. The molecule has 0 saturated heterocycles. The molecule has 1 aromatic rings. The first-order valence-corrected chi connectivity index (χ1v) is 5.91. The Morgan fingerprint density at radius 2 is 2.19 bits per heavy atom. The van der Waals surface area contributed by atoms with Crippen molar-refractivity contribution in [3.63, 3.8) is 0 Å². The molecule has 1 heterocycles. The lowest BCUT2D eigenvalue weighted by atomic mass is 9.74. The normalized spacial score (nSPS) is 21.0. The number of likely N-dealkylation sites (N-methyl/N-ethyl adjacent to an activating group) is 1. The topological polar surface area (TPSA) is 24.5 Å². The number of anilines is 2. The number of ether oxygens (including phenoxy) is 1. The second kappa shape index (κ2) is 3.30. The molecule has 1 spiro atoms. The van der Waals surface area contributed by atoms with Crippen LogP contribution in [0.1, 0.15) is 19.3 Å². The summed E-state index contributed by atoms with van der Waals surface area (Å²) in [6.45, 7) is 1.07. The van der Waals surface area contributed by atoms with E-state index in [4.69, 9.17) is 4.74 Å². The third-order valence-electron chi connectivity index (χ3n) is 4.17. The van der Waals surface area contributed by atoms with Crippen molar-refractivity contribution in [3.8, 4) is 5.75 Å². The average molecular weight is 218 g/mol. The predicted molar refractivity (Wildman–Crippen MR) is 66.5 cm³/mol. The van der Waals surface area contributed by atoms with Crippen molar-refractivity contribution in [1.82, 2.24) is 0 Å². The fourth-order valence-electron chi connectivity index (χ4n) is 2.80. The first kappa shape index (κ1) is 9.82. The van der Waals surface area contributed by atoms with Crippen LogP contribution in [0.2, 0.25) is 0 Å². The molecule has 3 rings (SSSR count). The zero-order valence-corrected chi connectivity index (χ0v) is 9.92. The zero-order valence-electron chi connectivity index (χ0n) is 9.92. The summed E-state index contributed by atoms with van der Waals surface area (Å²) in [7, 11) is 3.93. The molecular weight excluding hydrogens is 200 g/mol. The van der Waals surface area contributed by atoms with Gasteiger partial charge in [-0.1, -0.05) is 0 Å². The molecule has 1 aliphatic heterocycles. The smallest absolute Gasteiger partial charge is 0.121 e. The van der Waals surface area contributed by atoms with Gasteiger partial charge in [0.25, 0.3) is 0 Å². The van der Waals surface area contributed by atoms with E-state index >= 15 is 0 Å². The van der Waals surface area contributed by atoms with Crippen LogP contribution in [-0.2, 0) is 0 Å². The van der Waals surface area contributed by atoms with Gasteiger partial charge < -0.3 is 15.0 Å². The second-order valence-electron chi connectivity index (χ2n) is 4.87. The molecule has 1 saturated carbocycles. The lowest BCUT2D eigenvalue weighted by Crippen LogP contribution is -2.59. The van der Waals surface area contributed by atoms with E-state index in [1.807, 2.05) is 6.07 Å². The maximum absolute atomic E-state index is 5.29. The number of benzene rings is 1. The highest BCUT2D eigenvalue weighted by molar-refractivity contribution is 5.75. The first-order chi connectivity index (χ1) is 7.75. The minimum atomic E-state index is 0.360. The Balaban J connectivity index is 2.01. The molecule has 1 aliphatic carbocycles. The van der Waals surface area contributed by atoms with Crippen LogP contribution >= 0.6 is 0 Å². The molecule has 1 N–H and O–H groups in total. The number of nitrogens with one attached hydrogen (secondary N) is 1. The maximum Gasteiger partial charge on any atom is 0.121 e. The summed E-state index contributed by atoms with van der Waals surface area (Å²) in [5.41, 5.74) is 2.85. The summed E-state index contributed by atoms with van der Waals surface area (Å²) in [4.78, 5) is 2.44. The van der Waals surface area contributed by atoms with Crippen molar-refractivity contribution in [2.75, 3.05) is 30.9 Å². The summed E-state index contributed by atoms with van der Waals surface area (Å²) in [6.07, 6.45) is 3.95. The second-order valence-corrected chi connectivity index (χ2v) is 4.87. The fraction of sp³-hybridized carbons (Fsp3) is 0.538. The van der Waals surface area contributed by atoms with Gasteiger partial charge >= 0.3 is 0 Å². The molecule has 0 bridgehead atoms. The number of hydrogen-bond donors (Lipinski definition) is 1. The highest BCUT2D eigenvalue weighted by Gasteiger charge is 2.43. The minimum absolute atomic E-state index is 0.360. The van der Waals surface area contributed by atoms with E-state index in [1.54, 1.807) is 7.11 Å². The molecule has 3 nitrogen and oxygen atoms in total. The van der Waals surface area contributed by atoms with E-state index in [1.165, 1.54) is 30.6 Å². The predicted octanol–water partition coefficient (Wildman–Crippen LogP) is 2.48. The van der Waals surface area contributed by atoms with Crippen molar-refractivity contribution < 1.29 is 4.74 Å². The molecule has 1 fully saturated rings. The van der Waals surface area contributed by atoms with Crippen molar-refractivity contribution in [2.45, 2.75) is 24.8 Å². The summed E-state index contributed by atoms with van der Waals surface area (Å²) in [5, 5.41) is 3.54. The van der Waals surface area contributed by atoms with Crippen LogP contribution in [0.25, 0.3) is 0 Å². The van der Waals surface area contributed by atoms with Crippen molar-refractivity contribution >= 4 is 11.4 Å². The van der Waals surface area contributed by atoms with Crippen molar-refractivity contribution in [2.24, 2.45) is 0 Å². The van der Waals surface area contributed by atoms with E-state index in [-0.39, 0.29) is 0 Å². The van der Waals surface area contributed by atoms with Gasteiger partial charge in [-0.25, -0.2) is 0 Å². The SMILES string of the molecule is COc1ccc2c(c1)N(C)C1(CCC1)CN2. The molecule has 0 radical (unpaired) electrons. The lowest BCUT2D eigenvalue weighted by molar-refractivity contribution is 0.248. The van der Waals surface area contributed by atoms with Gasteiger partial charge in [0.15, 0.2) is 0 Å². The third kappa shape index (κ3) is 1.20. The van der Waals surface area contributed by atoms with E-state index in [2.05, 4.69) is 29.4 Å². The summed E-state index contributed by atoms with van der Waals surface area (Å²) in [5.74, 6) is 0.934. The molecule has 1 aromatic carbocycles. The van der Waals surface area contributed by atoms with E-state index in [9.17, 15) is 0 Å². The van der Waals surface area contributed by atoms with E-state index in [0.29, 0.717) is 5.54 Å². The Labute approximate surface area is 96.4 Å². The van der Waals surface area contributed by atoms with Crippen LogP contribution in [0.4, 0.5) is 11.4 Å². The van der Waals surface area contributed by atoms with E-state index in [0.717, 1.165) is 12.3 Å². The molecule has 3 heteroatoms. The van der Waals surface area contributed by atoms with Gasteiger partial charge in [0, 0.05) is 19.7 Å². The van der Waals surface area contributed by atoms with Gasteiger partial charge in [0.1, 0.15) is 5.75 Å². The molecule has 0 aromatic heterocycles. The lowest BCUT2D eigenvalue weighted by Gasteiger charge is -2.53. The molecule has 0 unspecified atom stereocenters. The number of rotatable bonds is 1. The summed E-state index contributed by atoms with van der Waals surface area (Å²) >= 11 is 0. The average Bonchev–Trinajstić information content (AvgIpc) is 2.27. The molecular formula is C13H18N2O.